The predicted molar refractivity (Wildman–Crippen MR) is 110 cm³/mol. The molecule has 0 saturated heterocycles. The molecule has 1 aromatic heterocycles. The number of amides is 1. The number of halogens is 1. The number of non-ortho nitro benzene ring substituents is 1. The zero-order valence-corrected chi connectivity index (χ0v) is 17.3. The number of nitrogens with zero attached hydrogens (tertiary/aromatic N) is 4. The highest BCUT2D eigenvalue weighted by atomic mass is 79.9. The molecule has 2 aromatic carbocycles. The minimum Gasteiger partial charge on any atom is -0.335 e. The van der Waals surface area contributed by atoms with Gasteiger partial charge in [-0.3, -0.25) is 14.9 Å². The van der Waals surface area contributed by atoms with Crippen molar-refractivity contribution < 1.29 is 9.72 Å². The Hall–Kier alpha value is -3.00. The van der Waals surface area contributed by atoms with Gasteiger partial charge in [-0.1, -0.05) is 28.1 Å². The van der Waals surface area contributed by atoms with E-state index < -0.39 is 4.92 Å². The molecule has 0 aliphatic carbocycles. The molecule has 0 spiro atoms. The van der Waals surface area contributed by atoms with E-state index in [9.17, 15) is 14.9 Å². The molecule has 3 rings (SSSR count). The summed E-state index contributed by atoms with van der Waals surface area (Å²) in [4.78, 5) is 25.2. The fraction of sp³-hybridized carbons (Fsp3) is 0.200. The molecule has 1 amide bonds. The number of carbonyl (C=O) groups is 1. The third kappa shape index (κ3) is 3.82. The van der Waals surface area contributed by atoms with Crippen molar-refractivity contribution in [3.05, 3.63) is 86.1 Å². The lowest BCUT2D eigenvalue weighted by Crippen LogP contribution is -2.30. The molecule has 0 aliphatic heterocycles. The Bertz CT molecular complexity index is 1030. The largest absolute Gasteiger partial charge is 0.335 e. The van der Waals surface area contributed by atoms with E-state index in [4.69, 9.17) is 0 Å². The maximum Gasteiger partial charge on any atom is 0.269 e. The standard InChI is InChI=1S/C20H19BrN4O3/c1-13(15-5-4-6-18(11-15)25(27)28)23(3)20(26)19-12-22-24(14(19)2)17-9-7-16(21)8-10-17/h4-13H,1-3H3/t13-/m1/s1. The summed E-state index contributed by atoms with van der Waals surface area (Å²) in [7, 11) is 1.68. The summed E-state index contributed by atoms with van der Waals surface area (Å²) >= 11 is 3.40. The van der Waals surface area contributed by atoms with Crippen LogP contribution in [-0.4, -0.2) is 32.6 Å². The van der Waals surface area contributed by atoms with Crippen molar-refractivity contribution in [3.8, 4) is 5.69 Å². The average molecular weight is 443 g/mol. The Morgan fingerprint density at radius 2 is 1.93 bits per heavy atom. The second-order valence-corrected chi connectivity index (χ2v) is 7.39. The Labute approximate surface area is 170 Å². The Morgan fingerprint density at radius 1 is 1.25 bits per heavy atom. The Balaban J connectivity index is 1.86. The Kier molecular flexibility index (Phi) is 5.60. The molecule has 0 aliphatic rings. The monoisotopic (exact) mass is 442 g/mol. The van der Waals surface area contributed by atoms with E-state index in [1.807, 2.05) is 38.1 Å². The molecule has 144 valence electrons. The first kappa shape index (κ1) is 19.8. The molecular weight excluding hydrogens is 424 g/mol. The van der Waals surface area contributed by atoms with Gasteiger partial charge in [-0.15, -0.1) is 0 Å². The molecule has 0 saturated carbocycles. The van der Waals surface area contributed by atoms with Gasteiger partial charge in [0.15, 0.2) is 0 Å². The van der Waals surface area contributed by atoms with Crippen LogP contribution in [0.25, 0.3) is 5.69 Å². The lowest BCUT2D eigenvalue weighted by Gasteiger charge is -2.25. The van der Waals surface area contributed by atoms with Crippen LogP contribution < -0.4 is 0 Å². The molecule has 0 unspecified atom stereocenters. The van der Waals surface area contributed by atoms with Gasteiger partial charge in [0.1, 0.15) is 0 Å². The van der Waals surface area contributed by atoms with Gasteiger partial charge in [-0.25, -0.2) is 4.68 Å². The molecule has 0 fully saturated rings. The van der Waals surface area contributed by atoms with E-state index in [2.05, 4.69) is 21.0 Å². The van der Waals surface area contributed by atoms with Gasteiger partial charge in [0, 0.05) is 23.7 Å². The topological polar surface area (TPSA) is 81.3 Å². The summed E-state index contributed by atoms with van der Waals surface area (Å²) in [5.41, 5.74) is 2.77. The predicted octanol–water partition coefficient (Wildman–Crippen LogP) is 4.68. The van der Waals surface area contributed by atoms with Crippen LogP contribution in [0.4, 0.5) is 5.69 Å². The number of aromatic nitrogens is 2. The summed E-state index contributed by atoms with van der Waals surface area (Å²) in [6.45, 7) is 3.68. The number of rotatable bonds is 5. The number of carbonyl (C=O) groups excluding carboxylic acids is 1. The van der Waals surface area contributed by atoms with Crippen LogP contribution in [0.3, 0.4) is 0 Å². The third-order valence-corrected chi connectivity index (χ3v) is 5.30. The number of nitro benzene ring substituents is 1. The normalized spacial score (nSPS) is 11.9. The van der Waals surface area contributed by atoms with Crippen molar-refractivity contribution in [2.24, 2.45) is 0 Å². The third-order valence-electron chi connectivity index (χ3n) is 4.78. The summed E-state index contributed by atoms with van der Waals surface area (Å²) in [6.07, 6.45) is 1.55. The summed E-state index contributed by atoms with van der Waals surface area (Å²) in [6, 6.07) is 13.6. The van der Waals surface area contributed by atoms with Gasteiger partial charge >= 0.3 is 0 Å². The first-order valence-corrected chi connectivity index (χ1v) is 9.41. The van der Waals surface area contributed by atoms with E-state index in [0.29, 0.717) is 11.1 Å². The number of benzene rings is 2. The quantitative estimate of drug-likeness (QED) is 0.424. The molecule has 1 atom stereocenters. The first-order chi connectivity index (χ1) is 13.3. The van der Waals surface area contributed by atoms with Gasteiger partial charge in [0.25, 0.3) is 11.6 Å². The number of hydrogen-bond donors (Lipinski definition) is 0. The SMILES string of the molecule is Cc1c(C(=O)N(C)[C@H](C)c2cccc([N+](=O)[O-])c2)cnn1-c1ccc(Br)cc1. The van der Waals surface area contributed by atoms with Crippen LogP contribution >= 0.6 is 15.9 Å². The average Bonchev–Trinajstić information content (AvgIpc) is 3.08. The molecular formula is C20H19BrN4O3. The number of hydrogen-bond acceptors (Lipinski definition) is 4. The van der Waals surface area contributed by atoms with Gasteiger partial charge in [0.2, 0.25) is 0 Å². The minimum absolute atomic E-state index is 0.00411. The summed E-state index contributed by atoms with van der Waals surface area (Å²) in [5, 5.41) is 15.4. The zero-order chi connectivity index (χ0) is 20.4. The van der Waals surface area contributed by atoms with Crippen LogP contribution in [0.15, 0.2) is 59.2 Å². The van der Waals surface area contributed by atoms with Gasteiger partial charge in [0.05, 0.1) is 34.1 Å². The lowest BCUT2D eigenvalue weighted by atomic mass is 10.1. The van der Waals surface area contributed by atoms with Crippen LogP contribution in [-0.2, 0) is 0 Å². The highest BCUT2D eigenvalue weighted by Gasteiger charge is 2.24. The van der Waals surface area contributed by atoms with Crippen molar-refractivity contribution >= 4 is 27.5 Å². The van der Waals surface area contributed by atoms with E-state index >= 15 is 0 Å². The van der Waals surface area contributed by atoms with Crippen molar-refractivity contribution in [2.45, 2.75) is 19.9 Å². The molecule has 0 bridgehead atoms. The maximum absolute atomic E-state index is 13.0. The van der Waals surface area contributed by atoms with E-state index in [1.54, 1.807) is 35.0 Å². The van der Waals surface area contributed by atoms with E-state index in [1.165, 1.54) is 12.1 Å². The molecule has 1 heterocycles. The molecule has 8 heteroatoms. The first-order valence-electron chi connectivity index (χ1n) is 8.61. The molecule has 28 heavy (non-hydrogen) atoms. The van der Waals surface area contributed by atoms with E-state index in [-0.39, 0.29) is 17.6 Å². The fourth-order valence-corrected chi connectivity index (χ4v) is 3.21. The van der Waals surface area contributed by atoms with Gasteiger partial charge < -0.3 is 4.90 Å². The lowest BCUT2D eigenvalue weighted by molar-refractivity contribution is -0.384. The smallest absolute Gasteiger partial charge is 0.269 e. The Morgan fingerprint density at radius 3 is 2.57 bits per heavy atom. The van der Waals surface area contributed by atoms with Crippen LogP contribution in [0.1, 0.15) is 34.6 Å². The summed E-state index contributed by atoms with van der Waals surface area (Å²) < 4.78 is 2.67. The van der Waals surface area contributed by atoms with Crippen molar-refractivity contribution in [3.63, 3.8) is 0 Å². The maximum atomic E-state index is 13.0. The second-order valence-electron chi connectivity index (χ2n) is 6.48. The molecule has 7 nitrogen and oxygen atoms in total. The van der Waals surface area contributed by atoms with Crippen LogP contribution in [0, 0.1) is 17.0 Å². The van der Waals surface area contributed by atoms with Gasteiger partial charge in [-0.05, 0) is 43.7 Å². The van der Waals surface area contributed by atoms with Crippen LogP contribution in [0.2, 0.25) is 0 Å². The van der Waals surface area contributed by atoms with Crippen LogP contribution in [0.5, 0.6) is 0 Å². The highest BCUT2D eigenvalue weighted by Crippen LogP contribution is 2.25. The molecule has 0 radical (unpaired) electrons. The van der Waals surface area contributed by atoms with Crippen molar-refractivity contribution in [2.75, 3.05) is 7.05 Å². The minimum atomic E-state index is -0.440. The molecule has 0 N–H and O–H groups in total. The number of nitro groups is 1. The molecule has 3 aromatic rings. The van der Waals surface area contributed by atoms with E-state index in [0.717, 1.165) is 15.9 Å². The summed E-state index contributed by atoms with van der Waals surface area (Å²) in [5.74, 6) is -0.195. The zero-order valence-electron chi connectivity index (χ0n) is 15.7. The fourth-order valence-electron chi connectivity index (χ4n) is 2.95. The second kappa shape index (κ2) is 7.93. The van der Waals surface area contributed by atoms with Gasteiger partial charge in [-0.2, -0.15) is 5.10 Å². The highest BCUT2D eigenvalue weighted by molar-refractivity contribution is 9.10. The van der Waals surface area contributed by atoms with Crippen molar-refractivity contribution in [1.82, 2.24) is 14.7 Å². The van der Waals surface area contributed by atoms with Crippen molar-refractivity contribution in [1.29, 1.82) is 0 Å².